The second kappa shape index (κ2) is 9.92. The molecule has 5 aromatic rings. The molecule has 1 heterocycles. The molecule has 5 rings (SSSR count). The van der Waals surface area contributed by atoms with Crippen molar-refractivity contribution in [1.29, 1.82) is 0 Å². The zero-order chi connectivity index (χ0) is 25.1. The number of para-hydroxylation sites is 1. The highest BCUT2D eigenvalue weighted by Crippen LogP contribution is 2.24. The fourth-order valence-electron chi connectivity index (χ4n) is 4.48. The number of carbonyl (C=O) groups is 2. The van der Waals surface area contributed by atoms with Crippen LogP contribution >= 0.6 is 0 Å². The fourth-order valence-corrected chi connectivity index (χ4v) is 4.48. The third-order valence-electron chi connectivity index (χ3n) is 6.45. The van der Waals surface area contributed by atoms with Crippen LogP contribution in [0, 0.1) is 0 Å². The summed E-state index contributed by atoms with van der Waals surface area (Å²) in [6.45, 7) is 2.54. The van der Waals surface area contributed by atoms with Crippen LogP contribution in [-0.4, -0.2) is 21.6 Å². The van der Waals surface area contributed by atoms with Gasteiger partial charge in [-0.25, -0.2) is 4.79 Å². The van der Waals surface area contributed by atoms with Gasteiger partial charge in [0, 0.05) is 18.1 Å². The fraction of sp³-hybridized carbons (Fsp3) is 0.0968. The summed E-state index contributed by atoms with van der Waals surface area (Å²) < 4.78 is 2.11. The van der Waals surface area contributed by atoms with Crippen molar-refractivity contribution >= 4 is 22.8 Å². The highest BCUT2D eigenvalue weighted by Gasteiger charge is 2.17. The Morgan fingerprint density at radius 2 is 1.50 bits per heavy atom. The molecule has 0 unspecified atom stereocenters. The Morgan fingerprint density at radius 1 is 0.806 bits per heavy atom. The molecule has 1 amide bonds. The summed E-state index contributed by atoms with van der Waals surface area (Å²) in [4.78, 5) is 24.4. The molecule has 2 N–H and O–H groups in total. The molecule has 0 saturated carbocycles. The average molecular weight is 475 g/mol. The van der Waals surface area contributed by atoms with Gasteiger partial charge in [-0.3, -0.25) is 4.79 Å². The van der Waals surface area contributed by atoms with E-state index in [4.69, 9.17) is 5.11 Å². The summed E-state index contributed by atoms with van der Waals surface area (Å²) in [5, 5.41) is 13.2. The lowest BCUT2D eigenvalue weighted by molar-refractivity contribution is 0.0696. The monoisotopic (exact) mass is 474 g/mol. The van der Waals surface area contributed by atoms with Crippen LogP contribution in [0.3, 0.4) is 0 Å². The molecule has 0 spiro atoms. The number of carboxylic acids is 1. The summed E-state index contributed by atoms with van der Waals surface area (Å²) in [5.41, 5.74) is 6.05. The van der Waals surface area contributed by atoms with Gasteiger partial charge in [0.1, 0.15) is 0 Å². The van der Waals surface area contributed by atoms with E-state index < -0.39 is 5.97 Å². The van der Waals surface area contributed by atoms with Crippen molar-refractivity contribution in [3.05, 3.63) is 132 Å². The van der Waals surface area contributed by atoms with Crippen molar-refractivity contribution < 1.29 is 14.7 Å². The number of hydrogen-bond donors (Lipinski definition) is 2. The van der Waals surface area contributed by atoms with E-state index in [1.54, 1.807) is 24.3 Å². The number of rotatable bonds is 7. The summed E-state index contributed by atoms with van der Waals surface area (Å²) in [6.07, 6.45) is 2.01. The molecule has 0 bridgehead atoms. The van der Waals surface area contributed by atoms with Crippen LogP contribution in [0.2, 0.25) is 0 Å². The summed E-state index contributed by atoms with van der Waals surface area (Å²) in [5.74, 6) is -1.14. The van der Waals surface area contributed by atoms with Crippen molar-refractivity contribution in [2.45, 2.75) is 19.5 Å². The van der Waals surface area contributed by atoms with Gasteiger partial charge in [-0.1, -0.05) is 78.9 Å². The van der Waals surface area contributed by atoms with E-state index in [9.17, 15) is 9.59 Å². The molecular formula is C31H26N2O3. The average Bonchev–Trinajstić information content (AvgIpc) is 3.32. The lowest BCUT2D eigenvalue weighted by Crippen LogP contribution is -2.27. The molecule has 1 atom stereocenters. The molecule has 0 fully saturated rings. The predicted molar refractivity (Wildman–Crippen MR) is 142 cm³/mol. The number of nitrogens with zero attached hydrogens (tertiary/aromatic N) is 1. The molecule has 36 heavy (non-hydrogen) atoms. The van der Waals surface area contributed by atoms with Crippen LogP contribution < -0.4 is 5.32 Å². The Labute approximate surface area is 209 Å². The number of amides is 1. The summed E-state index contributed by atoms with van der Waals surface area (Å²) in [7, 11) is 0. The van der Waals surface area contributed by atoms with Crippen LogP contribution in [0.15, 0.2) is 109 Å². The predicted octanol–water partition coefficient (Wildman–Crippen LogP) is 6.55. The maximum Gasteiger partial charge on any atom is 0.335 e. The third kappa shape index (κ3) is 4.77. The van der Waals surface area contributed by atoms with E-state index in [-0.39, 0.29) is 17.5 Å². The van der Waals surface area contributed by atoms with Crippen molar-refractivity contribution in [3.63, 3.8) is 0 Å². The molecule has 0 radical (unpaired) electrons. The Kier molecular flexibility index (Phi) is 6.37. The minimum absolute atomic E-state index is 0.171. The first-order valence-electron chi connectivity index (χ1n) is 11.9. The minimum Gasteiger partial charge on any atom is -0.478 e. The Morgan fingerprint density at radius 3 is 2.19 bits per heavy atom. The largest absolute Gasteiger partial charge is 0.478 e. The molecule has 0 aliphatic rings. The van der Waals surface area contributed by atoms with Crippen molar-refractivity contribution in [2.24, 2.45) is 0 Å². The van der Waals surface area contributed by atoms with Crippen LogP contribution in [-0.2, 0) is 6.54 Å². The zero-order valence-electron chi connectivity index (χ0n) is 19.9. The van der Waals surface area contributed by atoms with E-state index in [0.717, 1.165) is 22.0 Å². The smallest absolute Gasteiger partial charge is 0.335 e. The Bertz CT molecular complexity index is 1520. The molecule has 0 saturated heterocycles. The Balaban J connectivity index is 1.37. The van der Waals surface area contributed by atoms with Crippen molar-refractivity contribution in [2.75, 3.05) is 0 Å². The summed E-state index contributed by atoms with van der Waals surface area (Å²) in [6, 6.07) is 32.8. The SMILES string of the molecule is C[C@H](NC(=O)c1cccc2ccn(Cc3ccc(-c4ccccc4)cc3)c12)c1ccc(C(=O)O)cc1. The molecule has 0 aliphatic carbocycles. The lowest BCUT2D eigenvalue weighted by atomic mass is 10.0. The molecule has 0 aliphatic heterocycles. The molecule has 5 nitrogen and oxygen atoms in total. The first kappa shape index (κ1) is 23.1. The normalized spacial score (nSPS) is 11.8. The molecular weight excluding hydrogens is 448 g/mol. The van der Waals surface area contributed by atoms with E-state index in [1.807, 2.05) is 55.6 Å². The highest BCUT2D eigenvalue weighted by atomic mass is 16.4. The van der Waals surface area contributed by atoms with Gasteiger partial charge in [-0.15, -0.1) is 0 Å². The van der Waals surface area contributed by atoms with Crippen LogP contribution in [0.25, 0.3) is 22.0 Å². The van der Waals surface area contributed by atoms with Gasteiger partial charge >= 0.3 is 5.97 Å². The number of aromatic carboxylic acids is 1. The van der Waals surface area contributed by atoms with E-state index >= 15 is 0 Å². The first-order chi connectivity index (χ1) is 17.5. The van der Waals surface area contributed by atoms with Crippen molar-refractivity contribution in [1.82, 2.24) is 9.88 Å². The first-order valence-corrected chi connectivity index (χ1v) is 11.9. The van der Waals surface area contributed by atoms with Crippen LogP contribution in [0.1, 0.15) is 44.8 Å². The number of carbonyl (C=O) groups excluding carboxylic acids is 1. The number of nitrogens with one attached hydrogen (secondary N) is 1. The van der Waals surface area contributed by atoms with Crippen molar-refractivity contribution in [3.8, 4) is 11.1 Å². The van der Waals surface area contributed by atoms with Gasteiger partial charge in [-0.05, 0) is 53.4 Å². The maximum absolute atomic E-state index is 13.3. The van der Waals surface area contributed by atoms with E-state index in [2.05, 4.69) is 46.3 Å². The van der Waals surface area contributed by atoms with Gasteiger partial charge in [0.05, 0.1) is 22.7 Å². The minimum atomic E-state index is -0.972. The third-order valence-corrected chi connectivity index (χ3v) is 6.45. The standard InChI is InChI=1S/C31H26N2O3/c1-21(23-14-16-27(17-15-23)31(35)36)32-30(34)28-9-5-8-26-18-19-33(29(26)28)20-22-10-12-25(13-11-22)24-6-3-2-4-7-24/h2-19,21H,20H2,1H3,(H,32,34)(H,35,36)/t21-/m0/s1. The van der Waals surface area contributed by atoms with Crippen LogP contribution in [0.5, 0.6) is 0 Å². The number of benzene rings is 4. The van der Waals surface area contributed by atoms with Gasteiger partial charge in [0.15, 0.2) is 0 Å². The van der Waals surface area contributed by atoms with Gasteiger partial charge in [-0.2, -0.15) is 0 Å². The quantitative estimate of drug-likeness (QED) is 0.281. The van der Waals surface area contributed by atoms with Gasteiger partial charge in [0.2, 0.25) is 0 Å². The van der Waals surface area contributed by atoms with E-state index in [1.165, 1.54) is 11.1 Å². The molecule has 4 aromatic carbocycles. The second-order valence-electron chi connectivity index (χ2n) is 8.87. The Hall–Kier alpha value is -4.64. The van der Waals surface area contributed by atoms with Crippen LogP contribution in [0.4, 0.5) is 0 Å². The van der Waals surface area contributed by atoms with Gasteiger partial charge in [0.25, 0.3) is 5.91 Å². The summed E-state index contributed by atoms with van der Waals surface area (Å²) >= 11 is 0. The number of aromatic nitrogens is 1. The topological polar surface area (TPSA) is 71.3 Å². The lowest BCUT2D eigenvalue weighted by Gasteiger charge is -2.16. The number of fused-ring (bicyclic) bond motifs is 1. The number of hydrogen-bond acceptors (Lipinski definition) is 2. The molecule has 5 heteroatoms. The zero-order valence-corrected chi connectivity index (χ0v) is 19.9. The van der Waals surface area contributed by atoms with E-state index in [0.29, 0.717) is 12.1 Å². The molecule has 1 aromatic heterocycles. The number of carboxylic acid groups (broad SMARTS) is 1. The van der Waals surface area contributed by atoms with Gasteiger partial charge < -0.3 is 15.0 Å². The second-order valence-corrected chi connectivity index (χ2v) is 8.87. The highest BCUT2D eigenvalue weighted by molar-refractivity contribution is 6.06. The maximum atomic E-state index is 13.3. The molecule has 178 valence electrons.